The van der Waals surface area contributed by atoms with Gasteiger partial charge in [0, 0.05) is 19.3 Å². The molecule has 21 heavy (non-hydrogen) atoms. The fourth-order valence-corrected chi connectivity index (χ4v) is 2.10. The van der Waals surface area contributed by atoms with Gasteiger partial charge in [-0.25, -0.2) is 9.78 Å². The monoisotopic (exact) mass is 332 g/mol. The number of pyridine rings is 1. The number of aromatic nitrogens is 1. The third kappa shape index (κ3) is 4.84. The van der Waals surface area contributed by atoms with Crippen molar-refractivity contribution in [2.75, 3.05) is 19.8 Å². The molecule has 0 spiro atoms. The van der Waals surface area contributed by atoms with Gasteiger partial charge in [-0.1, -0.05) is 23.2 Å². The van der Waals surface area contributed by atoms with Crippen LogP contribution in [-0.2, 0) is 14.3 Å². The maximum atomic E-state index is 11.7. The van der Waals surface area contributed by atoms with E-state index < -0.39 is 5.97 Å². The number of halogens is 2. The standard InChI is InChI=1S/C13H14Cl2N2O4/c14-10-4-8(5-17-12(10)15)13(19)21-7-11(18)16-6-9-2-1-3-20-9/h4-5,9H,1-3,6-7H2,(H,16,18)/t9-/m1/s1. The Hall–Kier alpha value is -1.37. The average Bonchev–Trinajstić information content (AvgIpc) is 2.98. The van der Waals surface area contributed by atoms with Gasteiger partial charge in [0.1, 0.15) is 5.15 Å². The molecule has 1 amide bonds. The first kappa shape index (κ1) is 16.0. The lowest BCUT2D eigenvalue weighted by Crippen LogP contribution is -2.34. The van der Waals surface area contributed by atoms with Crippen LogP contribution in [0.2, 0.25) is 10.2 Å². The average molecular weight is 333 g/mol. The molecular formula is C13H14Cl2N2O4. The zero-order chi connectivity index (χ0) is 15.2. The molecule has 0 radical (unpaired) electrons. The van der Waals surface area contributed by atoms with E-state index in [0.29, 0.717) is 6.54 Å². The molecule has 0 saturated carbocycles. The van der Waals surface area contributed by atoms with Crippen molar-refractivity contribution in [3.8, 4) is 0 Å². The summed E-state index contributed by atoms with van der Waals surface area (Å²) in [6.07, 6.45) is 3.21. The molecule has 6 nitrogen and oxygen atoms in total. The van der Waals surface area contributed by atoms with Crippen molar-refractivity contribution in [3.63, 3.8) is 0 Å². The zero-order valence-corrected chi connectivity index (χ0v) is 12.6. The van der Waals surface area contributed by atoms with E-state index in [-0.39, 0.29) is 34.4 Å². The van der Waals surface area contributed by atoms with Gasteiger partial charge in [-0.05, 0) is 18.9 Å². The van der Waals surface area contributed by atoms with Gasteiger partial charge in [-0.15, -0.1) is 0 Å². The summed E-state index contributed by atoms with van der Waals surface area (Å²) in [5.41, 5.74) is 0.135. The highest BCUT2D eigenvalue weighted by atomic mass is 35.5. The Bertz CT molecular complexity index is 533. The summed E-state index contributed by atoms with van der Waals surface area (Å²) in [6, 6.07) is 1.34. The van der Waals surface area contributed by atoms with E-state index in [0.717, 1.165) is 19.4 Å². The Morgan fingerprint density at radius 3 is 2.95 bits per heavy atom. The minimum Gasteiger partial charge on any atom is -0.452 e. The molecule has 1 saturated heterocycles. The van der Waals surface area contributed by atoms with Crippen LogP contribution in [0, 0.1) is 0 Å². The van der Waals surface area contributed by atoms with Crippen molar-refractivity contribution in [1.82, 2.24) is 10.3 Å². The van der Waals surface area contributed by atoms with E-state index in [1.165, 1.54) is 12.3 Å². The Morgan fingerprint density at radius 2 is 2.29 bits per heavy atom. The van der Waals surface area contributed by atoms with Gasteiger partial charge < -0.3 is 14.8 Å². The smallest absolute Gasteiger partial charge is 0.340 e. The number of nitrogens with one attached hydrogen (secondary N) is 1. The van der Waals surface area contributed by atoms with Crippen molar-refractivity contribution in [2.24, 2.45) is 0 Å². The summed E-state index contributed by atoms with van der Waals surface area (Å²) in [4.78, 5) is 27.0. The van der Waals surface area contributed by atoms with Crippen molar-refractivity contribution in [3.05, 3.63) is 28.0 Å². The molecule has 1 aliphatic rings. The molecule has 1 aromatic heterocycles. The molecule has 8 heteroatoms. The van der Waals surface area contributed by atoms with Gasteiger partial charge >= 0.3 is 5.97 Å². The van der Waals surface area contributed by atoms with Crippen LogP contribution < -0.4 is 5.32 Å². The Balaban J connectivity index is 1.74. The van der Waals surface area contributed by atoms with Crippen LogP contribution in [0.3, 0.4) is 0 Å². The molecule has 2 heterocycles. The molecule has 114 valence electrons. The minimum atomic E-state index is -0.687. The second kappa shape index (κ2) is 7.59. The molecule has 2 rings (SSSR count). The summed E-state index contributed by atoms with van der Waals surface area (Å²) in [5.74, 6) is -1.07. The zero-order valence-electron chi connectivity index (χ0n) is 11.1. The van der Waals surface area contributed by atoms with E-state index in [4.69, 9.17) is 32.7 Å². The van der Waals surface area contributed by atoms with Crippen LogP contribution in [0.4, 0.5) is 0 Å². The van der Waals surface area contributed by atoms with Crippen LogP contribution in [0.1, 0.15) is 23.2 Å². The SMILES string of the molecule is O=C(COC(=O)c1cnc(Cl)c(Cl)c1)NC[C@H]1CCCO1. The predicted molar refractivity (Wildman–Crippen MR) is 76.5 cm³/mol. The number of rotatable bonds is 5. The molecule has 0 bridgehead atoms. The maximum Gasteiger partial charge on any atom is 0.340 e. The van der Waals surface area contributed by atoms with Gasteiger partial charge in [0.15, 0.2) is 6.61 Å². The summed E-state index contributed by atoms with van der Waals surface area (Å²) in [5, 5.41) is 2.89. The lowest BCUT2D eigenvalue weighted by atomic mass is 10.2. The van der Waals surface area contributed by atoms with E-state index >= 15 is 0 Å². The van der Waals surface area contributed by atoms with Crippen LogP contribution in [-0.4, -0.2) is 42.7 Å². The highest BCUT2D eigenvalue weighted by Crippen LogP contribution is 2.20. The van der Waals surface area contributed by atoms with Gasteiger partial charge in [0.2, 0.25) is 0 Å². The lowest BCUT2D eigenvalue weighted by molar-refractivity contribution is -0.124. The van der Waals surface area contributed by atoms with Crippen molar-refractivity contribution in [2.45, 2.75) is 18.9 Å². The highest BCUT2D eigenvalue weighted by molar-refractivity contribution is 6.41. The molecule has 1 fully saturated rings. The molecule has 0 aliphatic carbocycles. The number of hydrogen-bond acceptors (Lipinski definition) is 5. The van der Waals surface area contributed by atoms with Gasteiger partial charge in [-0.2, -0.15) is 0 Å². The van der Waals surface area contributed by atoms with Crippen molar-refractivity contribution in [1.29, 1.82) is 0 Å². The molecule has 0 aromatic carbocycles. The number of carbonyl (C=O) groups excluding carboxylic acids is 2. The number of ether oxygens (including phenoxy) is 2. The molecule has 0 unspecified atom stereocenters. The Kier molecular flexibility index (Phi) is 5.78. The van der Waals surface area contributed by atoms with E-state index in [2.05, 4.69) is 10.3 Å². The summed E-state index contributed by atoms with van der Waals surface area (Å²) in [7, 11) is 0. The first-order chi connectivity index (χ1) is 10.1. The van der Waals surface area contributed by atoms with Crippen molar-refractivity contribution >= 4 is 35.1 Å². The molecule has 1 atom stereocenters. The van der Waals surface area contributed by atoms with Gasteiger partial charge in [0.05, 0.1) is 16.7 Å². The summed E-state index contributed by atoms with van der Waals surface area (Å²) < 4.78 is 10.2. The highest BCUT2D eigenvalue weighted by Gasteiger charge is 2.17. The number of nitrogens with zero attached hydrogens (tertiary/aromatic N) is 1. The second-order valence-corrected chi connectivity index (χ2v) is 5.28. The fourth-order valence-electron chi connectivity index (χ4n) is 1.83. The quantitative estimate of drug-likeness (QED) is 0.657. The molecule has 1 aliphatic heterocycles. The second-order valence-electron chi connectivity index (χ2n) is 4.51. The number of hydrogen-bond donors (Lipinski definition) is 1. The molecule has 1 N–H and O–H groups in total. The number of esters is 1. The normalized spacial score (nSPS) is 17.5. The van der Waals surface area contributed by atoms with Crippen LogP contribution in [0.5, 0.6) is 0 Å². The van der Waals surface area contributed by atoms with E-state index in [1.54, 1.807) is 0 Å². The largest absolute Gasteiger partial charge is 0.452 e. The molecular weight excluding hydrogens is 319 g/mol. The van der Waals surface area contributed by atoms with Crippen LogP contribution in [0.25, 0.3) is 0 Å². The minimum absolute atomic E-state index is 0.0453. The summed E-state index contributed by atoms with van der Waals surface area (Å²) >= 11 is 11.4. The Morgan fingerprint density at radius 1 is 1.48 bits per heavy atom. The fraction of sp³-hybridized carbons (Fsp3) is 0.462. The summed E-state index contributed by atoms with van der Waals surface area (Å²) in [6.45, 7) is 0.774. The third-order valence-corrected chi connectivity index (χ3v) is 3.60. The Labute approximate surface area is 131 Å². The number of amides is 1. The first-order valence-corrected chi connectivity index (χ1v) is 7.18. The van der Waals surface area contributed by atoms with Gasteiger partial charge in [0.25, 0.3) is 5.91 Å². The molecule has 1 aromatic rings. The van der Waals surface area contributed by atoms with Crippen molar-refractivity contribution < 1.29 is 19.1 Å². The lowest BCUT2D eigenvalue weighted by Gasteiger charge is -2.11. The van der Waals surface area contributed by atoms with Gasteiger partial charge in [-0.3, -0.25) is 4.79 Å². The number of carbonyl (C=O) groups is 2. The predicted octanol–water partition coefficient (Wildman–Crippen LogP) is 1.84. The topological polar surface area (TPSA) is 77.5 Å². The third-order valence-electron chi connectivity index (χ3n) is 2.92. The van der Waals surface area contributed by atoms with Crippen LogP contribution in [0.15, 0.2) is 12.3 Å². The first-order valence-electron chi connectivity index (χ1n) is 6.42. The van der Waals surface area contributed by atoms with E-state index in [1.807, 2.05) is 0 Å². The van der Waals surface area contributed by atoms with Crippen LogP contribution >= 0.6 is 23.2 Å². The van der Waals surface area contributed by atoms with E-state index in [9.17, 15) is 9.59 Å². The maximum absolute atomic E-state index is 11.7.